The molecule has 0 aliphatic rings. The summed E-state index contributed by atoms with van der Waals surface area (Å²) in [7, 11) is 0. The van der Waals surface area contributed by atoms with Crippen LogP contribution >= 0.6 is 0 Å². The van der Waals surface area contributed by atoms with Crippen LogP contribution in [0.25, 0.3) is 111 Å². The zero-order valence-corrected chi connectivity index (χ0v) is 30.5. The van der Waals surface area contributed by atoms with Crippen LogP contribution < -0.4 is 0 Å². The van der Waals surface area contributed by atoms with E-state index in [0.29, 0.717) is 17.7 Å². The Bertz CT molecular complexity index is 3470. The molecule has 0 saturated heterocycles. The number of hydrogen-bond donors (Lipinski definition) is 0. The summed E-state index contributed by atoms with van der Waals surface area (Å²) in [5.74, 6) is 1.69. The van der Waals surface area contributed by atoms with E-state index in [-0.39, 0.29) is 0 Å². The van der Waals surface area contributed by atoms with Crippen molar-refractivity contribution in [3.63, 3.8) is 0 Å². The average Bonchev–Trinajstić information content (AvgIpc) is 3.94. The zero-order valence-electron chi connectivity index (χ0n) is 30.5. The fourth-order valence-corrected chi connectivity index (χ4v) is 8.53. The Morgan fingerprint density at radius 2 is 0.754 bits per heavy atom. The molecule has 8 aromatic carbocycles. The van der Waals surface area contributed by atoms with Gasteiger partial charge in [0.05, 0.1) is 22.1 Å². The number of fused-ring (bicyclic) bond motifs is 9. The van der Waals surface area contributed by atoms with Crippen LogP contribution in [0, 0.1) is 0 Å². The zero-order chi connectivity index (χ0) is 37.5. The molecule has 0 atom stereocenters. The van der Waals surface area contributed by atoms with Crippen LogP contribution in [0.3, 0.4) is 0 Å². The number of benzene rings is 8. The normalized spacial score (nSPS) is 11.9. The molecule has 4 aromatic heterocycles. The standard InChI is InChI=1S/C51H31N5O/c1-2-12-32(13-3-1)36-26-28-40-39-16-6-10-20-45(39)56(46(40)31-36)51-53-49(52-50(54-51)55-43-18-8-4-14-37(43)38-15-5-9-19-44(38)55)34-24-22-33(23-25-34)35-27-29-48-42(30-35)41-17-7-11-21-47(41)57-48/h1-31H. The molecule has 12 aromatic rings. The fraction of sp³-hybridized carbons (Fsp3) is 0. The van der Waals surface area contributed by atoms with Crippen molar-refractivity contribution in [2.24, 2.45) is 0 Å². The first-order valence-corrected chi connectivity index (χ1v) is 19.1. The predicted octanol–water partition coefficient (Wildman–Crippen LogP) is 13.0. The van der Waals surface area contributed by atoms with Gasteiger partial charge in [-0.15, -0.1) is 0 Å². The molecule has 0 amide bonds. The third-order valence-corrected chi connectivity index (χ3v) is 11.2. The monoisotopic (exact) mass is 729 g/mol. The summed E-state index contributed by atoms with van der Waals surface area (Å²) >= 11 is 0. The van der Waals surface area contributed by atoms with Gasteiger partial charge in [0.1, 0.15) is 11.2 Å². The SMILES string of the molecule is c1ccc(-c2ccc3c4ccccc4n(-c4nc(-c5ccc(-c6ccc7oc8ccccc8c7c6)cc5)nc(-n5c6ccccc6c6ccccc65)n4)c3c2)cc1. The molecule has 6 nitrogen and oxygen atoms in total. The van der Waals surface area contributed by atoms with Crippen molar-refractivity contribution in [3.8, 4) is 45.5 Å². The minimum atomic E-state index is 0.551. The molecule has 0 saturated carbocycles. The van der Waals surface area contributed by atoms with E-state index in [1.165, 1.54) is 0 Å². The highest BCUT2D eigenvalue weighted by Crippen LogP contribution is 2.37. The maximum Gasteiger partial charge on any atom is 0.240 e. The summed E-state index contributed by atoms with van der Waals surface area (Å²) in [5, 5.41) is 6.78. The molecule has 0 radical (unpaired) electrons. The highest BCUT2D eigenvalue weighted by atomic mass is 16.3. The van der Waals surface area contributed by atoms with Gasteiger partial charge in [-0.1, -0.05) is 146 Å². The molecular formula is C51H31N5O. The van der Waals surface area contributed by atoms with Gasteiger partial charge in [-0.2, -0.15) is 15.0 Å². The highest BCUT2D eigenvalue weighted by molar-refractivity contribution is 6.11. The smallest absolute Gasteiger partial charge is 0.240 e. The summed E-state index contributed by atoms with van der Waals surface area (Å²) < 4.78 is 10.5. The fourth-order valence-electron chi connectivity index (χ4n) is 8.53. The minimum Gasteiger partial charge on any atom is -0.456 e. The Kier molecular flexibility index (Phi) is 6.83. The third kappa shape index (κ3) is 4.94. The Morgan fingerprint density at radius 3 is 1.42 bits per heavy atom. The largest absolute Gasteiger partial charge is 0.456 e. The molecule has 6 heteroatoms. The topological polar surface area (TPSA) is 61.7 Å². The van der Waals surface area contributed by atoms with Crippen LogP contribution in [-0.2, 0) is 0 Å². The van der Waals surface area contributed by atoms with Gasteiger partial charge in [-0.25, -0.2) is 0 Å². The lowest BCUT2D eigenvalue weighted by Crippen LogP contribution is -2.10. The van der Waals surface area contributed by atoms with E-state index < -0.39 is 0 Å². The summed E-state index contributed by atoms with van der Waals surface area (Å²) in [6, 6.07) is 65.7. The lowest BCUT2D eigenvalue weighted by Gasteiger charge is -2.13. The molecule has 4 heterocycles. The molecule has 0 bridgehead atoms. The second-order valence-electron chi connectivity index (χ2n) is 14.5. The number of furan rings is 1. The molecular weight excluding hydrogens is 699 g/mol. The number of rotatable bonds is 5. The summed E-state index contributed by atoms with van der Waals surface area (Å²) in [6.07, 6.45) is 0. The van der Waals surface area contributed by atoms with Crippen LogP contribution in [-0.4, -0.2) is 24.1 Å². The van der Waals surface area contributed by atoms with Crippen LogP contribution in [0.5, 0.6) is 0 Å². The first-order valence-electron chi connectivity index (χ1n) is 19.1. The van der Waals surface area contributed by atoms with Crippen molar-refractivity contribution in [1.82, 2.24) is 24.1 Å². The maximum atomic E-state index is 6.11. The third-order valence-electron chi connectivity index (χ3n) is 11.2. The molecule has 0 fully saturated rings. The van der Waals surface area contributed by atoms with Gasteiger partial charge in [0.2, 0.25) is 11.9 Å². The molecule has 0 N–H and O–H groups in total. The van der Waals surface area contributed by atoms with Crippen LogP contribution in [0.4, 0.5) is 0 Å². The first-order chi connectivity index (χ1) is 28.2. The Labute approximate surface area is 326 Å². The lowest BCUT2D eigenvalue weighted by atomic mass is 10.0. The van der Waals surface area contributed by atoms with Crippen molar-refractivity contribution < 1.29 is 4.42 Å². The molecule has 266 valence electrons. The molecule has 0 unspecified atom stereocenters. The quantitative estimate of drug-likeness (QED) is 0.177. The van der Waals surface area contributed by atoms with E-state index >= 15 is 0 Å². The van der Waals surface area contributed by atoms with Crippen molar-refractivity contribution >= 4 is 65.6 Å². The molecule has 0 spiro atoms. The van der Waals surface area contributed by atoms with Crippen molar-refractivity contribution in [2.45, 2.75) is 0 Å². The van der Waals surface area contributed by atoms with Crippen molar-refractivity contribution in [2.75, 3.05) is 0 Å². The van der Waals surface area contributed by atoms with E-state index in [0.717, 1.165) is 93.4 Å². The van der Waals surface area contributed by atoms with E-state index in [4.69, 9.17) is 19.4 Å². The van der Waals surface area contributed by atoms with Crippen LogP contribution in [0.15, 0.2) is 192 Å². The number of para-hydroxylation sites is 4. The minimum absolute atomic E-state index is 0.551. The van der Waals surface area contributed by atoms with Gasteiger partial charge in [-0.05, 0) is 64.7 Å². The maximum absolute atomic E-state index is 6.11. The Balaban J connectivity index is 1.09. The number of hydrogen-bond acceptors (Lipinski definition) is 4. The lowest BCUT2D eigenvalue weighted by molar-refractivity contribution is 0.669. The molecule has 0 aliphatic carbocycles. The Morgan fingerprint density at radius 1 is 0.298 bits per heavy atom. The summed E-state index contributed by atoms with van der Waals surface area (Å²) in [4.78, 5) is 15.9. The van der Waals surface area contributed by atoms with E-state index in [1.54, 1.807) is 0 Å². The van der Waals surface area contributed by atoms with Gasteiger partial charge in [-0.3, -0.25) is 9.13 Å². The highest BCUT2D eigenvalue weighted by Gasteiger charge is 2.21. The first kappa shape index (κ1) is 31.5. The van der Waals surface area contributed by atoms with Gasteiger partial charge in [0.25, 0.3) is 0 Å². The molecule has 57 heavy (non-hydrogen) atoms. The van der Waals surface area contributed by atoms with Gasteiger partial charge in [0, 0.05) is 37.9 Å². The van der Waals surface area contributed by atoms with Crippen molar-refractivity contribution in [1.29, 1.82) is 0 Å². The van der Waals surface area contributed by atoms with E-state index in [2.05, 4.69) is 179 Å². The molecule has 12 rings (SSSR count). The van der Waals surface area contributed by atoms with Crippen LogP contribution in [0.1, 0.15) is 0 Å². The second kappa shape index (κ2) is 12.3. The van der Waals surface area contributed by atoms with E-state index in [9.17, 15) is 0 Å². The molecule has 0 aliphatic heterocycles. The Hall–Kier alpha value is -7.83. The number of nitrogens with zero attached hydrogens (tertiary/aromatic N) is 5. The van der Waals surface area contributed by atoms with Gasteiger partial charge >= 0.3 is 0 Å². The van der Waals surface area contributed by atoms with Crippen LogP contribution in [0.2, 0.25) is 0 Å². The predicted molar refractivity (Wildman–Crippen MR) is 232 cm³/mol. The van der Waals surface area contributed by atoms with Gasteiger partial charge in [0.15, 0.2) is 5.82 Å². The van der Waals surface area contributed by atoms with E-state index in [1.807, 2.05) is 18.2 Å². The average molecular weight is 730 g/mol. The number of aromatic nitrogens is 5. The van der Waals surface area contributed by atoms with Gasteiger partial charge < -0.3 is 4.42 Å². The summed E-state index contributed by atoms with van der Waals surface area (Å²) in [6.45, 7) is 0. The summed E-state index contributed by atoms with van der Waals surface area (Å²) in [5.41, 5.74) is 11.3. The second-order valence-corrected chi connectivity index (χ2v) is 14.5. The van der Waals surface area contributed by atoms with Crippen molar-refractivity contribution in [3.05, 3.63) is 188 Å².